The molecule has 0 unspecified atom stereocenters. The summed E-state index contributed by atoms with van der Waals surface area (Å²) in [6, 6.07) is 1.92. The van der Waals surface area contributed by atoms with Crippen molar-refractivity contribution in [2.45, 2.75) is 32.6 Å². The predicted octanol–water partition coefficient (Wildman–Crippen LogP) is -0.525. The summed E-state index contributed by atoms with van der Waals surface area (Å²) in [4.78, 5) is 15.7. The third-order valence-corrected chi connectivity index (χ3v) is 7.02. The van der Waals surface area contributed by atoms with Gasteiger partial charge in [0, 0.05) is 12.8 Å². The van der Waals surface area contributed by atoms with Gasteiger partial charge in [-0.2, -0.15) is 10.2 Å². The van der Waals surface area contributed by atoms with Crippen molar-refractivity contribution in [2.75, 3.05) is 17.3 Å². The molecule has 10 nitrogen and oxygen atoms in total. The van der Waals surface area contributed by atoms with Crippen LogP contribution >= 0.6 is 0 Å². The molecule has 1 N–H and O–H groups in total. The molecule has 0 bridgehead atoms. The molecule has 2 rings (SSSR count). The number of hydrogen-bond donors (Lipinski definition) is 1. The summed E-state index contributed by atoms with van der Waals surface area (Å²) in [5, 5.41) is 12.9. The zero-order chi connectivity index (χ0) is 18.7. The van der Waals surface area contributed by atoms with Crippen LogP contribution in [0.3, 0.4) is 0 Å². The molecule has 2 heterocycles. The Balaban J connectivity index is 1.94. The molecule has 0 atom stereocenters. The number of hydrogen-bond acceptors (Lipinski definition) is 9. The molecule has 1 saturated heterocycles. The van der Waals surface area contributed by atoms with Gasteiger partial charge in [-0.15, -0.1) is 0 Å². The maximum Gasteiger partial charge on any atom is 0.236 e. The van der Waals surface area contributed by atoms with E-state index >= 15 is 0 Å². The summed E-state index contributed by atoms with van der Waals surface area (Å²) < 4.78 is 54.0. The van der Waals surface area contributed by atoms with Crippen molar-refractivity contribution in [1.29, 1.82) is 5.26 Å². The van der Waals surface area contributed by atoms with Gasteiger partial charge in [-0.3, -0.25) is 9.52 Å². The second-order valence-electron chi connectivity index (χ2n) is 6.06. The van der Waals surface area contributed by atoms with E-state index in [9.17, 15) is 26.9 Å². The Bertz CT molecular complexity index is 883. The smallest absolute Gasteiger partial charge is 0.236 e. The lowest BCUT2D eigenvalue weighted by atomic mass is 9.86. The maximum atomic E-state index is 12.2. The van der Waals surface area contributed by atoms with Crippen LogP contribution in [0, 0.1) is 23.7 Å². The van der Waals surface area contributed by atoms with Gasteiger partial charge in [0.1, 0.15) is 9.84 Å². The van der Waals surface area contributed by atoms with Crippen molar-refractivity contribution < 1.29 is 26.2 Å². The largest absolute Gasteiger partial charge is 0.339 e. The first-order chi connectivity index (χ1) is 11.5. The number of aromatic nitrogens is 2. The van der Waals surface area contributed by atoms with E-state index < -0.39 is 36.9 Å². The summed E-state index contributed by atoms with van der Waals surface area (Å²) in [7, 11) is -7.31. The van der Waals surface area contributed by atoms with Gasteiger partial charge < -0.3 is 4.52 Å². The van der Waals surface area contributed by atoms with Crippen LogP contribution < -0.4 is 4.72 Å². The Morgan fingerprint density at radius 1 is 1.40 bits per heavy atom. The number of amides is 1. The Hall–Kier alpha value is -2.00. The van der Waals surface area contributed by atoms with Crippen LogP contribution in [0.25, 0.3) is 0 Å². The molecular weight excluding hydrogens is 372 g/mol. The summed E-state index contributed by atoms with van der Waals surface area (Å²) in [5.41, 5.74) is -1.30. The minimum absolute atomic E-state index is 0.0673. The summed E-state index contributed by atoms with van der Waals surface area (Å²) in [6.07, 6.45) is -0.219. The molecule has 0 aliphatic carbocycles. The van der Waals surface area contributed by atoms with Crippen LogP contribution in [0.2, 0.25) is 0 Å². The van der Waals surface area contributed by atoms with Gasteiger partial charge in [-0.25, -0.2) is 16.8 Å². The lowest BCUT2D eigenvalue weighted by Crippen LogP contribution is -2.43. The van der Waals surface area contributed by atoms with E-state index in [4.69, 9.17) is 4.52 Å². The predicted molar refractivity (Wildman–Crippen MR) is 85.2 cm³/mol. The van der Waals surface area contributed by atoms with Crippen molar-refractivity contribution in [1.82, 2.24) is 14.9 Å². The van der Waals surface area contributed by atoms with Gasteiger partial charge in [0.25, 0.3) is 0 Å². The average Bonchev–Trinajstić information content (AvgIpc) is 2.93. The van der Waals surface area contributed by atoms with Crippen LogP contribution in [0.15, 0.2) is 4.52 Å². The number of carbonyl (C=O) groups excluding carboxylic acids is 1. The fourth-order valence-corrected chi connectivity index (χ4v) is 5.71. The molecule has 25 heavy (non-hydrogen) atoms. The molecule has 1 aromatic heterocycles. The molecule has 12 heteroatoms. The lowest BCUT2D eigenvalue weighted by Gasteiger charge is -2.29. The van der Waals surface area contributed by atoms with E-state index in [1.165, 1.54) is 0 Å². The van der Waals surface area contributed by atoms with Crippen LogP contribution in [-0.2, 0) is 31.1 Å². The molecule has 0 radical (unpaired) electrons. The second-order valence-corrected chi connectivity index (χ2v) is 10.1. The summed E-state index contributed by atoms with van der Waals surface area (Å²) in [5.74, 6) is -1.21. The topological polar surface area (TPSA) is 160 Å². The highest BCUT2D eigenvalue weighted by atomic mass is 32.2. The SMILES string of the molecule is Cc1noc(CCC(=O)NS(=O)(=O)CC2(C#N)CCS(=O)(=O)CC2)n1. The van der Waals surface area contributed by atoms with E-state index in [1.807, 2.05) is 10.8 Å². The van der Waals surface area contributed by atoms with Crippen molar-refractivity contribution in [3.63, 3.8) is 0 Å². The first kappa shape index (κ1) is 19.3. The van der Waals surface area contributed by atoms with Crippen LogP contribution in [-0.4, -0.2) is 50.1 Å². The Kier molecular flexibility index (Phi) is 5.48. The van der Waals surface area contributed by atoms with E-state index in [2.05, 4.69) is 10.1 Å². The van der Waals surface area contributed by atoms with E-state index in [-0.39, 0.29) is 43.1 Å². The summed E-state index contributed by atoms with van der Waals surface area (Å²) in [6.45, 7) is 1.61. The molecule has 1 aromatic rings. The van der Waals surface area contributed by atoms with Crippen molar-refractivity contribution in [3.8, 4) is 6.07 Å². The number of nitriles is 1. The zero-order valence-electron chi connectivity index (χ0n) is 13.6. The number of sulfone groups is 1. The maximum absolute atomic E-state index is 12.2. The highest BCUT2D eigenvalue weighted by Gasteiger charge is 2.41. The monoisotopic (exact) mass is 390 g/mol. The van der Waals surface area contributed by atoms with Crippen LogP contribution in [0.1, 0.15) is 31.0 Å². The van der Waals surface area contributed by atoms with Gasteiger partial charge in [0.15, 0.2) is 5.82 Å². The molecule has 0 spiro atoms. The third kappa shape index (κ3) is 5.50. The number of nitrogens with one attached hydrogen (secondary N) is 1. The highest BCUT2D eigenvalue weighted by molar-refractivity contribution is 7.91. The Morgan fingerprint density at radius 2 is 2.04 bits per heavy atom. The van der Waals surface area contributed by atoms with Crippen molar-refractivity contribution in [2.24, 2.45) is 5.41 Å². The Labute approximate surface area is 145 Å². The number of nitrogens with zero attached hydrogens (tertiary/aromatic N) is 3. The molecule has 1 fully saturated rings. The van der Waals surface area contributed by atoms with E-state index in [0.29, 0.717) is 5.82 Å². The average molecular weight is 390 g/mol. The number of carbonyl (C=O) groups is 1. The summed E-state index contributed by atoms with van der Waals surface area (Å²) >= 11 is 0. The first-order valence-corrected chi connectivity index (χ1v) is 11.0. The molecule has 1 amide bonds. The van der Waals surface area contributed by atoms with Gasteiger partial charge in [0.2, 0.25) is 21.8 Å². The van der Waals surface area contributed by atoms with E-state index in [0.717, 1.165) is 0 Å². The molecule has 1 aliphatic heterocycles. The fraction of sp³-hybridized carbons (Fsp3) is 0.692. The number of rotatable bonds is 6. The van der Waals surface area contributed by atoms with Crippen LogP contribution in [0.4, 0.5) is 0 Å². The molecule has 1 aliphatic rings. The molecule has 138 valence electrons. The third-order valence-electron chi connectivity index (χ3n) is 3.89. The molecule has 0 aromatic carbocycles. The molecule has 0 saturated carbocycles. The van der Waals surface area contributed by atoms with E-state index in [1.54, 1.807) is 6.92 Å². The number of sulfonamides is 1. The minimum Gasteiger partial charge on any atom is -0.339 e. The minimum atomic E-state index is -4.07. The Morgan fingerprint density at radius 3 is 2.56 bits per heavy atom. The van der Waals surface area contributed by atoms with Gasteiger partial charge in [-0.05, 0) is 19.8 Å². The second kappa shape index (κ2) is 7.09. The van der Waals surface area contributed by atoms with Crippen LogP contribution in [0.5, 0.6) is 0 Å². The van der Waals surface area contributed by atoms with Crippen molar-refractivity contribution in [3.05, 3.63) is 11.7 Å². The highest BCUT2D eigenvalue weighted by Crippen LogP contribution is 2.33. The number of aryl methyl sites for hydroxylation is 2. The fourth-order valence-electron chi connectivity index (χ4n) is 2.50. The normalized spacial score (nSPS) is 19.0. The quantitative estimate of drug-likeness (QED) is 0.673. The van der Waals surface area contributed by atoms with Gasteiger partial charge >= 0.3 is 0 Å². The standard InChI is InChI=1S/C13H18N4O6S2/c1-10-15-12(23-16-10)3-2-11(18)17-25(21,22)9-13(8-14)4-6-24(19,20)7-5-13/h2-7,9H2,1H3,(H,17,18). The van der Waals surface area contributed by atoms with Gasteiger partial charge in [-0.1, -0.05) is 5.16 Å². The zero-order valence-corrected chi connectivity index (χ0v) is 15.2. The first-order valence-electron chi connectivity index (χ1n) is 7.49. The molecular formula is C13H18N4O6S2. The van der Waals surface area contributed by atoms with Crippen molar-refractivity contribution >= 4 is 25.8 Å². The lowest BCUT2D eigenvalue weighted by molar-refractivity contribution is -0.119. The van der Waals surface area contributed by atoms with Gasteiger partial charge in [0.05, 0.1) is 28.7 Å².